The van der Waals surface area contributed by atoms with Crippen molar-refractivity contribution in [2.45, 2.75) is 185 Å². The number of hydrogen-bond donors (Lipinski definition) is 10. The van der Waals surface area contributed by atoms with E-state index in [1.54, 1.807) is 20.0 Å². The Bertz CT molecular complexity index is 2580. The Balaban J connectivity index is 0.00000783. The number of carbonyl (C=O) groups excluding carboxylic acids is 12. The number of ether oxygens (including phenoxy) is 3. The summed E-state index contributed by atoms with van der Waals surface area (Å²) in [6.45, 7) is 8.17. The molecule has 30 heteroatoms. The molecule has 0 spiro atoms. The van der Waals surface area contributed by atoms with E-state index in [1.165, 1.54) is 17.2 Å². The first-order chi connectivity index (χ1) is 41.1. The van der Waals surface area contributed by atoms with Gasteiger partial charge in [-0.1, -0.05) is 39.3 Å². The third kappa shape index (κ3) is 25.8. The molecule has 2 aromatic rings. The molecule has 9 amide bonds. The van der Waals surface area contributed by atoms with E-state index in [1.807, 2.05) is 25.6 Å². The zero-order valence-electron chi connectivity index (χ0n) is 49.7. The van der Waals surface area contributed by atoms with Gasteiger partial charge in [-0.15, -0.1) is 5.10 Å². The molecule has 2 fully saturated rings. The Morgan fingerprint density at radius 2 is 1.38 bits per heavy atom. The molecule has 29 nitrogen and oxygen atoms in total. The number of carbonyl (C=O) groups is 12. The van der Waals surface area contributed by atoms with Crippen LogP contribution in [0.4, 0.5) is 4.79 Å². The maximum Gasteiger partial charge on any atom is 0.315 e. The van der Waals surface area contributed by atoms with E-state index in [0.717, 1.165) is 25.0 Å². The highest BCUT2D eigenvalue weighted by Gasteiger charge is 2.43. The fourth-order valence-electron chi connectivity index (χ4n) is 9.95. The SMILES string of the molecule is CC.CC(C)[C@H]1CC(=O)[C@@H](CC(N)=O)NC(=O)CCC(=O)[C@@H](CC(N)=O)NC(=O)[C@@H](CC(=O)COCCOCCOCCCC(=O)CCCC[C@H]2SC[C@H]3NC(=O)N[C@H]32)Cc2cn(nn2)CCCC[C@@H](C(N)=O)NC(=O)[C@@H](Cc2cnc[nH]2)NC1=O. The summed E-state index contributed by atoms with van der Waals surface area (Å²) in [4.78, 5) is 164. The van der Waals surface area contributed by atoms with E-state index in [4.69, 9.17) is 31.4 Å². The van der Waals surface area contributed by atoms with Crippen LogP contribution in [0.2, 0.25) is 0 Å². The number of ketones is 4. The molecule has 3 aliphatic rings. The van der Waals surface area contributed by atoms with E-state index in [0.29, 0.717) is 49.7 Å². The summed E-state index contributed by atoms with van der Waals surface area (Å²) in [5, 5.41) is 24.8. The molecule has 0 aromatic carbocycles. The second-order valence-corrected chi connectivity index (χ2v) is 23.0. The minimum absolute atomic E-state index is 0.0201. The van der Waals surface area contributed by atoms with E-state index < -0.39 is 146 Å². The molecule has 3 aliphatic heterocycles. The second kappa shape index (κ2) is 38.1. The number of hydrogen-bond acceptors (Lipinski definition) is 19. The largest absolute Gasteiger partial charge is 0.379 e. The van der Waals surface area contributed by atoms with Crippen molar-refractivity contribution in [3.63, 3.8) is 0 Å². The lowest BCUT2D eigenvalue weighted by atomic mass is 9.87. The van der Waals surface area contributed by atoms with Crippen molar-refractivity contribution >= 4 is 82.3 Å². The second-order valence-electron chi connectivity index (χ2n) is 21.7. The van der Waals surface area contributed by atoms with Gasteiger partial charge in [-0.3, -0.25) is 57.4 Å². The van der Waals surface area contributed by atoms with Crippen LogP contribution >= 0.6 is 11.8 Å². The Morgan fingerprint density at radius 3 is 2.06 bits per heavy atom. The first kappa shape index (κ1) is 71.3. The third-order valence-electron chi connectivity index (χ3n) is 14.6. The molecule has 0 radical (unpaired) electrons. The summed E-state index contributed by atoms with van der Waals surface area (Å²) in [6, 6.07) is -5.34. The number of rotatable bonds is 27. The van der Waals surface area contributed by atoms with Gasteiger partial charge in [0.2, 0.25) is 41.4 Å². The molecule has 5 heterocycles. The maximum atomic E-state index is 14.1. The van der Waals surface area contributed by atoms with Gasteiger partial charge in [0.25, 0.3) is 0 Å². The number of unbranched alkanes of at least 4 members (excludes halogenated alkanes) is 1. The van der Waals surface area contributed by atoms with Crippen LogP contribution < -0.4 is 49.1 Å². The Labute approximate surface area is 504 Å². The van der Waals surface area contributed by atoms with Crippen molar-refractivity contribution in [3.05, 3.63) is 30.1 Å². The molecule has 13 N–H and O–H groups in total. The number of nitrogens with one attached hydrogen (secondary N) is 7. The maximum absolute atomic E-state index is 14.1. The molecule has 0 saturated carbocycles. The van der Waals surface area contributed by atoms with Crippen molar-refractivity contribution in [2.24, 2.45) is 35.0 Å². The van der Waals surface area contributed by atoms with Gasteiger partial charge < -0.3 is 68.3 Å². The number of thioether (sulfide) groups is 1. The minimum atomic E-state index is -1.55. The number of H-pyrrole nitrogens is 1. The van der Waals surface area contributed by atoms with Crippen LogP contribution in [0, 0.1) is 17.8 Å². The lowest BCUT2D eigenvalue weighted by Crippen LogP contribution is -2.55. The van der Waals surface area contributed by atoms with Crippen LogP contribution in [-0.2, 0) is 86.3 Å². The first-order valence-electron chi connectivity index (χ1n) is 29.6. The fraction of sp³-hybridized carbons (Fsp3) is 0.696. The highest BCUT2D eigenvalue weighted by atomic mass is 32.2. The van der Waals surface area contributed by atoms with E-state index >= 15 is 0 Å². The van der Waals surface area contributed by atoms with Crippen molar-refractivity contribution in [3.8, 4) is 0 Å². The lowest BCUT2D eigenvalue weighted by Gasteiger charge is -2.26. The number of nitrogens with zero attached hydrogens (tertiary/aromatic N) is 4. The van der Waals surface area contributed by atoms with Gasteiger partial charge >= 0.3 is 6.03 Å². The van der Waals surface area contributed by atoms with Crippen LogP contribution in [0.5, 0.6) is 0 Å². The van der Waals surface area contributed by atoms with Crippen LogP contribution in [0.3, 0.4) is 0 Å². The van der Waals surface area contributed by atoms with E-state index in [2.05, 4.69) is 52.2 Å². The number of imidazole rings is 1. The van der Waals surface area contributed by atoms with Gasteiger partial charge in [0.1, 0.15) is 24.5 Å². The third-order valence-corrected chi connectivity index (χ3v) is 16.1. The number of primary amides is 3. The summed E-state index contributed by atoms with van der Waals surface area (Å²) in [5.41, 5.74) is 17.4. The zero-order chi connectivity index (χ0) is 63.1. The Morgan fingerprint density at radius 1 is 0.709 bits per heavy atom. The van der Waals surface area contributed by atoms with Crippen LogP contribution in [0.25, 0.3) is 0 Å². The molecular formula is C56H88N14O15S. The van der Waals surface area contributed by atoms with Crippen molar-refractivity contribution in [1.82, 2.24) is 56.9 Å². The summed E-state index contributed by atoms with van der Waals surface area (Å²) in [6.07, 6.45) is 5.61. The van der Waals surface area contributed by atoms with Crippen LogP contribution in [-0.4, -0.2) is 182 Å². The van der Waals surface area contributed by atoms with Gasteiger partial charge in [0.05, 0.1) is 81.4 Å². The Kier molecular flexibility index (Phi) is 31.6. The van der Waals surface area contributed by atoms with Gasteiger partial charge in [0, 0.05) is 99.5 Å². The molecule has 0 unspecified atom stereocenters. The quantitative estimate of drug-likeness (QED) is 0.0396. The average molecular weight is 1230 g/mol. The zero-order valence-corrected chi connectivity index (χ0v) is 50.6. The highest BCUT2D eigenvalue weighted by molar-refractivity contribution is 8.00. The van der Waals surface area contributed by atoms with Crippen molar-refractivity contribution < 1.29 is 71.7 Å². The summed E-state index contributed by atoms with van der Waals surface area (Å²) < 4.78 is 18.2. The smallest absolute Gasteiger partial charge is 0.315 e. The van der Waals surface area contributed by atoms with Gasteiger partial charge in [-0.05, 0) is 44.4 Å². The molecule has 86 heavy (non-hydrogen) atoms. The number of fused-ring (bicyclic) bond motifs is 3. The summed E-state index contributed by atoms with van der Waals surface area (Å²) in [7, 11) is 0. The molecular weight excluding hydrogens is 1140 g/mol. The molecule has 2 aromatic heterocycles. The topological polar surface area (TPSA) is 442 Å². The number of aryl methyl sites for hydroxylation is 1. The van der Waals surface area contributed by atoms with Gasteiger partial charge in [-0.2, -0.15) is 11.8 Å². The fourth-order valence-corrected chi connectivity index (χ4v) is 11.5. The lowest BCUT2D eigenvalue weighted by molar-refractivity contribution is -0.136. The normalized spacial score (nSPS) is 23.9. The molecule has 5 rings (SSSR count). The van der Waals surface area contributed by atoms with E-state index in [9.17, 15) is 57.5 Å². The monoisotopic (exact) mass is 1230 g/mol. The van der Waals surface area contributed by atoms with Crippen molar-refractivity contribution in [2.75, 3.05) is 45.4 Å². The predicted molar refractivity (Wildman–Crippen MR) is 312 cm³/mol. The standard InChI is InChI=1S/C54H82N14O15S.C2H6/c1-31(2)37-23-44(72)40(25-47(56)74)60-48(75)13-12-43(71)39(24-46(55)73)62-51(77)32(20-34-27-68(67-66-34)14-6-5-10-38(50(57)76)61-53(79)41(63-52(37)78)22-33-26-58-30-59-33)21-36(70)28-83-19-18-82-17-16-81-15-7-9-35(69)8-3-4-11-45-49-42(29-84-45)64-54(80)65-49;1-2/h26-27,30-32,37-42,45,49H,3-25,28-29H2,1-2H3,(H2,55,73)(H2,56,74)(H2,57,76)(H,58,59)(H,60,75)(H,61,79)(H,62,77)(H,63,78)(H2,64,65,80);1-2H3/t32-,37-,38+,39-,40-,41-,42-,45-,49-;/m1./s1. The number of amides is 9. The summed E-state index contributed by atoms with van der Waals surface area (Å²) >= 11 is 1.86. The van der Waals surface area contributed by atoms with Gasteiger partial charge in [0.15, 0.2) is 17.3 Å². The Hall–Kier alpha value is -7.18. The van der Waals surface area contributed by atoms with Crippen LogP contribution in [0.15, 0.2) is 18.7 Å². The first-order valence-corrected chi connectivity index (χ1v) is 30.6. The molecule has 478 valence electrons. The molecule has 2 bridgehead atoms. The number of nitrogens with two attached hydrogens (primary N) is 3. The minimum Gasteiger partial charge on any atom is -0.379 e. The molecule has 9 atom stereocenters. The average Bonchev–Trinajstić information content (AvgIpc) is 4.27. The molecule has 2 saturated heterocycles. The van der Waals surface area contributed by atoms with Crippen LogP contribution in [0.1, 0.15) is 135 Å². The number of aromatic nitrogens is 5. The predicted octanol–water partition coefficient (Wildman–Crippen LogP) is -0.547. The van der Waals surface area contributed by atoms with Gasteiger partial charge in [-0.25, -0.2) is 9.78 Å². The van der Waals surface area contributed by atoms with Crippen molar-refractivity contribution in [1.29, 1.82) is 0 Å². The number of aromatic amines is 1. The summed E-state index contributed by atoms with van der Waals surface area (Å²) in [5.74, 6) is -9.82. The highest BCUT2D eigenvalue weighted by Crippen LogP contribution is 2.33. The van der Waals surface area contributed by atoms with E-state index in [-0.39, 0.29) is 81.8 Å². The molecule has 0 aliphatic carbocycles. The number of Topliss-reactive ketones (excluding diaryl/α,β-unsaturated/α-hetero) is 4. The number of urea groups is 1.